The van der Waals surface area contributed by atoms with E-state index in [1.807, 2.05) is 0 Å². The predicted octanol–water partition coefficient (Wildman–Crippen LogP) is 17.2. The SMILES string of the molecule is c1ccc(-c2ccc(-c3ccc(N(c4ccc(-c5cc6ccccc6c6ccccc56)cc4)c4ccccc4-c4cccc5oc6c7ccccc7ccc6c45)cc3)cc2)cc1. The molecule has 2 nitrogen and oxygen atoms in total. The summed E-state index contributed by atoms with van der Waals surface area (Å²) in [6, 6.07) is 85.4. The summed E-state index contributed by atoms with van der Waals surface area (Å²) in [7, 11) is 0. The second kappa shape index (κ2) is 14.8. The van der Waals surface area contributed by atoms with Crippen molar-refractivity contribution in [2.45, 2.75) is 0 Å². The van der Waals surface area contributed by atoms with Crippen molar-refractivity contribution in [3.63, 3.8) is 0 Å². The molecule has 12 aromatic rings. The van der Waals surface area contributed by atoms with Gasteiger partial charge in [-0.05, 0) is 114 Å². The minimum absolute atomic E-state index is 0.879. The molecule has 11 aromatic carbocycles. The van der Waals surface area contributed by atoms with Gasteiger partial charge in [-0.2, -0.15) is 0 Å². The Balaban J connectivity index is 1.01. The van der Waals surface area contributed by atoms with E-state index in [0.717, 1.165) is 55.5 Å². The maximum absolute atomic E-state index is 6.68. The van der Waals surface area contributed by atoms with Gasteiger partial charge in [0.1, 0.15) is 11.2 Å². The van der Waals surface area contributed by atoms with Crippen LogP contribution in [0.15, 0.2) is 241 Å². The van der Waals surface area contributed by atoms with Crippen LogP contribution in [0.1, 0.15) is 0 Å². The smallest absolute Gasteiger partial charge is 0.143 e. The first-order valence-corrected chi connectivity index (χ1v) is 21.2. The molecule has 1 heterocycles. The van der Waals surface area contributed by atoms with Crippen LogP contribution in [0.5, 0.6) is 0 Å². The van der Waals surface area contributed by atoms with Crippen molar-refractivity contribution in [2.24, 2.45) is 0 Å². The van der Waals surface area contributed by atoms with Crippen molar-refractivity contribution in [3.8, 4) is 44.5 Å². The van der Waals surface area contributed by atoms with E-state index in [2.05, 4.69) is 241 Å². The third-order valence-electron chi connectivity index (χ3n) is 12.5. The van der Waals surface area contributed by atoms with E-state index < -0.39 is 0 Å². The Bertz CT molecular complexity index is 3600. The number of hydrogen-bond donors (Lipinski definition) is 0. The molecule has 0 atom stereocenters. The first-order chi connectivity index (χ1) is 30.7. The van der Waals surface area contributed by atoms with Crippen LogP contribution in [0.2, 0.25) is 0 Å². The van der Waals surface area contributed by atoms with Crippen molar-refractivity contribution in [1.82, 2.24) is 0 Å². The second-order valence-electron chi connectivity index (χ2n) is 16.0. The highest BCUT2D eigenvalue weighted by molar-refractivity contribution is 6.20. The predicted molar refractivity (Wildman–Crippen MR) is 263 cm³/mol. The minimum atomic E-state index is 0.879. The fraction of sp³-hybridized carbons (Fsp3) is 0. The van der Waals surface area contributed by atoms with Crippen LogP contribution in [-0.4, -0.2) is 0 Å². The quantitative estimate of drug-likeness (QED) is 0.150. The van der Waals surface area contributed by atoms with E-state index in [0.29, 0.717) is 0 Å². The third-order valence-corrected chi connectivity index (χ3v) is 12.5. The Morgan fingerprint density at radius 1 is 0.290 bits per heavy atom. The Morgan fingerprint density at radius 2 is 0.823 bits per heavy atom. The number of nitrogens with zero attached hydrogens (tertiary/aromatic N) is 1. The summed E-state index contributed by atoms with van der Waals surface area (Å²) in [6.07, 6.45) is 0. The summed E-state index contributed by atoms with van der Waals surface area (Å²) in [5, 5.41) is 9.56. The molecule has 12 rings (SSSR count). The lowest BCUT2D eigenvalue weighted by Crippen LogP contribution is -2.11. The van der Waals surface area contributed by atoms with E-state index in [1.54, 1.807) is 0 Å². The topological polar surface area (TPSA) is 16.4 Å². The van der Waals surface area contributed by atoms with Gasteiger partial charge in [0.05, 0.1) is 5.69 Å². The monoisotopic (exact) mass is 789 g/mol. The number of hydrogen-bond acceptors (Lipinski definition) is 2. The fourth-order valence-corrected chi connectivity index (χ4v) is 9.47. The normalized spacial score (nSPS) is 11.5. The Hall–Kier alpha value is -8.20. The standard InChI is InChI=1S/C60H39NO/c1-2-13-40(14-3-1)41-25-27-42(28-26-41)43-29-34-47(35-30-43)61(48-36-31-45(32-37-48)56-39-46-16-5-6-17-49(46)51-19-8-9-20-52(51)56)57-23-11-10-21-53(57)54-22-12-24-58-59(54)55-38-33-44-15-4-7-18-50(44)60(55)62-58/h1-39H. The number of anilines is 3. The van der Waals surface area contributed by atoms with Crippen LogP contribution < -0.4 is 4.90 Å². The summed E-state index contributed by atoms with van der Waals surface area (Å²) in [5.41, 5.74) is 14.5. The van der Waals surface area contributed by atoms with Crippen molar-refractivity contribution in [1.29, 1.82) is 0 Å². The molecule has 0 N–H and O–H groups in total. The molecule has 0 fully saturated rings. The van der Waals surface area contributed by atoms with Crippen LogP contribution in [0, 0.1) is 0 Å². The van der Waals surface area contributed by atoms with E-state index in [9.17, 15) is 0 Å². The van der Waals surface area contributed by atoms with Gasteiger partial charge in [-0.3, -0.25) is 0 Å². The lowest BCUT2D eigenvalue weighted by Gasteiger charge is -2.28. The summed E-state index contributed by atoms with van der Waals surface area (Å²) >= 11 is 0. The number of rotatable bonds is 7. The van der Waals surface area contributed by atoms with Gasteiger partial charge >= 0.3 is 0 Å². The molecule has 0 saturated heterocycles. The lowest BCUT2D eigenvalue weighted by molar-refractivity contribution is 0.673. The van der Waals surface area contributed by atoms with E-state index in [4.69, 9.17) is 4.42 Å². The Kier molecular flexibility index (Phi) is 8.53. The highest BCUT2D eigenvalue weighted by atomic mass is 16.3. The molecule has 0 aliphatic rings. The number of furan rings is 1. The van der Waals surface area contributed by atoms with Gasteiger partial charge in [-0.15, -0.1) is 0 Å². The molecule has 0 amide bonds. The molecule has 290 valence electrons. The van der Waals surface area contributed by atoms with Gasteiger partial charge in [0.15, 0.2) is 0 Å². The Morgan fingerprint density at radius 3 is 1.55 bits per heavy atom. The van der Waals surface area contributed by atoms with Gasteiger partial charge in [-0.25, -0.2) is 0 Å². The molecule has 2 heteroatoms. The zero-order chi connectivity index (χ0) is 41.0. The minimum Gasteiger partial charge on any atom is -0.455 e. The van der Waals surface area contributed by atoms with E-state index >= 15 is 0 Å². The lowest BCUT2D eigenvalue weighted by atomic mass is 9.93. The van der Waals surface area contributed by atoms with Crippen molar-refractivity contribution in [2.75, 3.05) is 4.90 Å². The van der Waals surface area contributed by atoms with E-state index in [-0.39, 0.29) is 0 Å². The molecule has 0 radical (unpaired) electrons. The zero-order valence-corrected chi connectivity index (χ0v) is 33.9. The molecule has 62 heavy (non-hydrogen) atoms. The number of fused-ring (bicyclic) bond motifs is 8. The van der Waals surface area contributed by atoms with Crippen molar-refractivity contribution >= 4 is 71.3 Å². The summed E-state index contributed by atoms with van der Waals surface area (Å²) in [6.45, 7) is 0. The molecule has 0 spiro atoms. The molecule has 1 aromatic heterocycles. The fourth-order valence-electron chi connectivity index (χ4n) is 9.47. The largest absolute Gasteiger partial charge is 0.455 e. The van der Waals surface area contributed by atoms with Crippen molar-refractivity contribution < 1.29 is 4.42 Å². The first-order valence-electron chi connectivity index (χ1n) is 21.2. The highest BCUT2D eigenvalue weighted by Crippen LogP contribution is 2.46. The van der Waals surface area contributed by atoms with Gasteiger partial charge in [0.2, 0.25) is 0 Å². The number of benzene rings is 11. The van der Waals surface area contributed by atoms with Crippen LogP contribution in [0.3, 0.4) is 0 Å². The van der Waals surface area contributed by atoms with Gasteiger partial charge < -0.3 is 9.32 Å². The maximum atomic E-state index is 6.68. The molecule has 0 bridgehead atoms. The van der Waals surface area contributed by atoms with Gasteiger partial charge in [0.25, 0.3) is 0 Å². The van der Waals surface area contributed by atoms with E-state index in [1.165, 1.54) is 60.3 Å². The zero-order valence-electron chi connectivity index (χ0n) is 33.9. The van der Waals surface area contributed by atoms with Crippen molar-refractivity contribution in [3.05, 3.63) is 237 Å². The molecule has 0 saturated carbocycles. The van der Waals surface area contributed by atoms with Crippen LogP contribution in [0.25, 0.3) is 98.8 Å². The van der Waals surface area contributed by atoms with Gasteiger partial charge in [0, 0.05) is 33.1 Å². The average Bonchev–Trinajstić information content (AvgIpc) is 3.75. The van der Waals surface area contributed by atoms with Crippen LogP contribution in [0.4, 0.5) is 17.1 Å². The van der Waals surface area contributed by atoms with Crippen LogP contribution in [-0.2, 0) is 0 Å². The summed E-state index contributed by atoms with van der Waals surface area (Å²) in [5.74, 6) is 0. The maximum Gasteiger partial charge on any atom is 0.143 e. The molecular weight excluding hydrogens is 751 g/mol. The molecule has 0 aliphatic heterocycles. The number of para-hydroxylation sites is 1. The summed E-state index contributed by atoms with van der Waals surface area (Å²) < 4.78 is 6.68. The third kappa shape index (κ3) is 6.04. The average molecular weight is 790 g/mol. The summed E-state index contributed by atoms with van der Waals surface area (Å²) in [4.78, 5) is 2.40. The molecule has 0 unspecified atom stereocenters. The highest BCUT2D eigenvalue weighted by Gasteiger charge is 2.21. The van der Waals surface area contributed by atoms with Crippen LogP contribution >= 0.6 is 0 Å². The van der Waals surface area contributed by atoms with Gasteiger partial charge in [-0.1, -0.05) is 188 Å². The molecular formula is C60H39NO. The second-order valence-corrected chi connectivity index (χ2v) is 16.0. The Labute approximate surface area is 360 Å². The molecule has 0 aliphatic carbocycles. The first kappa shape index (κ1) is 35.7.